The molecule has 6 nitrogen and oxygen atoms in total. The van der Waals surface area contributed by atoms with E-state index in [4.69, 9.17) is 9.47 Å². The van der Waals surface area contributed by atoms with Gasteiger partial charge in [0, 0.05) is 23.3 Å². The lowest BCUT2D eigenvalue weighted by atomic mass is 9.92. The Balaban J connectivity index is 1.46. The van der Waals surface area contributed by atoms with Gasteiger partial charge in [0.25, 0.3) is 0 Å². The number of rotatable bonds is 28. The molecule has 0 spiro atoms. The van der Waals surface area contributed by atoms with Gasteiger partial charge < -0.3 is 19.7 Å². The summed E-state index contributed by atoms with van der Waals surface area (Å²) < 4.78 is 11.7. The van der Waals surface area contributed by atoms with Gasteiger partial charge in [-0.2, -0.15) is 0 Å². The van der Waals surface area contributed by atoms with Crippen molar-refractivity contribution in [1.82, 2.24) is 0 Å². The lowest BCUT2D eigenvalue weighted by Gasteiger charge is -2.12. The van der Waals surface area contributed by atoms with Gasteiger partial charge in [-0.15, -0.1) is 0 Å². The normalized spacial score (nSPS) is 11.1. The van der Waals surface area contributed by atoms with Gasteiger partial charge in [0.1, 0.15) is 23.0 Å². The van der Waals surface area contributed by atoms with Crippen LogP contribution in [0, 0.1) is 0 Å². The Kier molecular flexibility index (Phi) is 19.8. The van der Waals surface area contributed by atoms with Gasteiger partial charge in [-0.3, -0.25) is 9.59 Å². The highest BCUT2D eigenvalue weighted by Crippen LogP contribution is 2.30. The topological polar surface area (TPSA) is 93.1 Å². The Hall–Kier alpha value is -3.80. The van der Waals surface area contributed by atoms with Crippen molar-refractivity contribution in [2.45, 2.75) is 142 Å². The number of hydrogen-bond donors (Lipinski definition) is 2. The minimum atomic E-state index is -0.483. The number of ketones is 2. The van der Waals surface area contributed by atoms with Gasteiger partial charge >= 0.3 is 0 Å². The van der Waals surface area contributed by atoms with Crippen LogP contribution in [0.15, 0.2) is 60.7 Å². The third-order valence-corrected chi connectivity index (χ3v) is 9.38. The maximum atomic E-state index is 13.6. The number of aromatic hydroxyl groups is 2. The molecule has 3 aromatic carbocycles. The van der Waals surface area contributed by atoms with E-state index < -0.39 is 11.6 Å². The molecular formula is C44H62O6. The summed E-state index contributed by atoms with van der Waals surface area (Å²) in [6, 6.07) is 15.8. The number of benzene rings is 3. The predicted octanol–water partition coefficient (Wildman–Crippen LogP) is 12.2. The summed E-state index contributed by atoms with van der Waals surface area (Å²) in [5, 5.41) is 21.5. The highest BCUT2D eigenvalue weighted by Gasteiger charge is 2.23. The maximum Gasteiger partial charge on any atom is 0.197 e. The third-order valence-electron chi connectivity index (χ3n) is 9.38. The van der Waals surface area contributed by atoms with Crippen LogP contribution in [-0.2, 0) is 0 Å². The number of carbonyl (C=O) groups is 2. The molecule has 3 rings (SSSR count). The van der Waals surface area contributed by atoms with Crippen molar-refractivity contribution in [3.63, 3.8) is 0 Å². The summed E-state index contributed by atoms with van der Waals surface area (Å²) in [6.45, 7) is 5.58. The smallest absolute Gasteiger partial charge is 0.197 e. The van der Waals surface area contributed by atoms with Gasteiger partial charge in [0.2, 0.25) is 0 Å². The molecule has 0 bridgehead atoms. The molecule has 0 saturated heterocycles. The lowest BCUT2D eigenvalue weighted by molar-refractivity contribution is 0.1000. The summed E-state index contributed by atoms with van der Waals surface area (Å²) in [7, 11) is 0. The standard InChI is InChI=1S/C44H62O6/c1-3-5-7-9-11-13-15-17-19-23-31-49-35-27-29-39(41(45)33-35)43(47)37-25-21-22-26-38(37)44(48)40-30-28-36(34-42(40)46)50-32-24-20-18-16-14-12-10-8-6-4-2/h21-22,25-30,33-34,45-46H,3-20,23-24,31-32H2,1-2H3. The first-order chi connectivity index (χ1) is 24.5. The van der Waals surface area contributed by atoms with Crippen LogP contribution in [0.4, 0.5) is 0 Å². The first-order valence-electron chi connectivity index (χ1n) is 19.6. The number of phenolic OH excluding ortho intramolecular Hbond substituents is 2. The van der Waals surface area contributed by atoms with Gasteiger partial charge in [0.05, 0.1) is 24.3 Å². The molecule has 0 aromatic heterocycles. The number of ether oxygens (including phenoxy) is 2. The largest absolute Gasteiger partial charge is 0.507 e. The van der Waals surface area contributed by atoms with Crippen LogP contribution in [0.1, 0.15) is 174 Å². The van der Waals surface area contributed by atoms with E-state index in [2.05, 4.69) is 13.8 Å². The fourth-order valence-corrected chi connectivity index (χ4v) is 6.31. The first-order valence-corrected chi connectivity index (χ1v) is 19.6. The average molecular weight is 687 g/mol. The SMILES string of the molecule is CCCCCCCCCCCCOc1ccc(C(=O)c2ccccc2C(=O)c2ccc(OCCCCCCCCCCCC)cc2O)c(O)c1. The molecule has 2 N–H and O–H groups in total. The molecule has 0 saturated carbocycles. The molecule has 0 aliphatic rings. The minimum absolute atomic E-state index is 0.0801. The van der Waals surface area contributed by atoms with Crippen molar-refractivity contribution in [2.75, 3.05) is 13.2 Å². The highest BCUT2D eigenvalue weighted by atomic mass is 16.5. The lowest BCUT2D eigenvalue weighted by Crippen LogP contribution is -2.11. The van der Waals surface area contributed by atoms with E-state index in [9.17, 15) is 19.8 Å². The summed E-state index contributed by atoms with van der Waals surface area (Å²) in [5.74, 6) is -0.374. The minimum Gasteiger partial charge on any atom is -0.507 e. The Morgan fingerprint density at radius 2 is 0.760 bits per heavy atom. The van der Waals surface area contributed by atoms with Gasteiger partial charge in [-0.1, -0.05) is 154 Å². The zero-order chi connectivity index (χ0) is 35.8. The average Bonchev–Trinajstić information content (AvgIpc) is 3.12. The molecule has 0 aliphatic heterocycles. The molecule has 0 atom stereocenters. The molecule has 3 aromatic rings. The van der Waals surface area contributed by atoms with E-state index in [0.29, 0.717) is 24.7 Å². The van der Waals surface area contributed by atoms with Crippen molar-refractivity contribution in [3.8, 4) is 23.0 Å². The van der Waals surface area contributed by atoms with Crippen LogP contribution in [-0.4, -0.2) is 35.0 Å². The van der Waals surface area contributed by atoms with Gasteiger partial charge in [-0.05, 0) is 37.1 Å². The number of carbonyl (C=O) groups excluding carboxylic acids is 2. The van der Waals surface area contributed by atoms with Crippen LogP contribution in [0.5, 0.6) is 23.0 Å². The second kappa shape index (κ2) is 24.4. The van der Waals surface area contributed by atoms with E-state index in [1.165, 1.54) is 127 Å². The summed E-state index contributed by atoms with van der Waals surface area (Å²) in [4.78, 5) is 27.2. The van der Waals surface area contributed by atoms with E-state index in [1.54, 1.807) is 36.4 Å². The van der Waals surface area contributed by atoms with Crippen LogP contribution in [0.2, 0.25) is 0 Å². The third kappa shape index (κ3) is 14.6. The zero-order valence-corrected chi connectivity index (χ0v) is 30.9. The second-order valence-corrected chi connectivity index (χ2v) is 13.6. The predicted molar refractivity (Wildman–Crippen MR) is 204 cm³/mol. The fourth-order valence-electron chi connectivity index (χ4n) is 6.31. The van der Waals surface area contributed by atoms with Crippen LogP contribution in [0.25, 0.3) is 0 Å². The van der Waals surface area contributed by atoms with Crippen LogP contribution < -0.4 is 9.47 Å². The molecule has 0 radical (unpaired) electrons. The Morgan fingerprint density at radius 1 is 0.440 bits per heavy atom. The van der Waals surface area contributed by atoms with Crippen molar-refractivity contribution in [1.29, 1.82) is 0 Å². The van der Waals surface area contributed by atoms with E-state index in [1.807, 2.05) is 0 Å². The molecule has 50 heavy (non-hydrogen) atoms. The molecular weight excluding hydrogens is 624 g/mol. The fraction of sp³-hybridized carbons (Fsp3) is 0.545. The second-order valence-electron chi connectivity index (χ2n) is 13.6. The number of hydrogen-bond acceptors (Lipinski definition) is 6. The van der Waals surface area contributed by atoms with Crippen LogP contribution in [0.3, 0.4) is 0 Å². The van der Waals surface area contributed by atoms with E-state index >= 15 is 0 Å². The Bertz CT molecular complexity index is 1310. The highest BCUT2D eigenvalue weighted by molar-refractivity contribution is 6.21. The number of unbranched alkanes of at least 4 members (excludes halogenated alkanes) is 18. The first kappa shape index (κ1) is 40.6. The molecule has 0 fully saturated rings. The summed E-state index contributed by atoms with van der Waals surface area (Å²) in [6.07, 6.45) is 24.8. The van der Waals surface area contributed by atoms with Gasteiger partial charge in [0.15, 0.2) is 11.6 Å². The molecule has 0 amide bonds. The van der Waals surface area contributed by atoms with Gasteiger partial charge in [-0.25, -0.2) is 0 Å². The summed E-state index contributed by atoms with van der Waals surface area (Å²) in [5.41, 5.74) is 0.452. The van der Waals surface area contributed by atoms with Crippen molar-refractivity contribution < 1.29 is 29.3 Å². The van der Waals surface area contributed by atoms with Crippen LogP contribution >= 0.6 is 0 Å². The maximum absolute atomic E-state index is 13.6. The van der Waals surface area contributed by atoms with Crippen molar-refractivity contribution >= 4 is 11.6 Å². The monoisotopic (exact) mass is 686 g/mol. The molecule has 274 valence electrons. The molecule has 0 unspecified atom stereocenters. The zero-order valence-electron chi connectivity index (χ0n) is 30.9. The molecule has 0 heterocycles. The Morgan fingerprint density at radius 3 is 1.08 bits per heavy atom. The summed E-state index contributed by atoms with van der Waals surface area (Å²) >= 11 is 0. The number of phenols is 2. The van der Waals surface area contributed by atoms with Crippen molar-refractivity contribution in [3.05, 3.63) is 82.9 Å². The molecule has 0 aliphatic carbocycles. The Labute approximate surface area is 301 Å². The van der Waals surface area contributed by atoms with E-state index in [-0.39, 0.29) is 33.8 Å². The van der Waals surface area contributed by atoms with Crippen molar-refractivity contribution in [2.24, 2.45) is 0 Å². The molecule has 6 heteroatoms. The van der Waals surface area contributed by atoms with E-state index in [0.717, 1.165) is 25.7 Å². The quantitative estimate of drug-likeness (QED) is 0.0583.